The van der Waals surface area contributed by atoms with E-state index in [0.29, 0.717) is 12.5 Å². The Bertz CT molecular complexity index is 402. The van der Waals surface area contributed by atoms with Crippen LogP contribution in [0.25, 0.3) is 0 Å². The van der Waals surface area contributed by atoms with E-state index < -0.39 is 0 Å². The Hall–Kier alpha value is -1.03. The molecule has 1 atom stereocenters. The van der Waals surface area contributed by atoms with E-state index in [2.05, 4.69) is 30.6 Å². The fraction of sp³-hybridized carbons (Fsp3) is 0.643. The van der Waals surface area contributed by atoms with Crippen LogP contribution in [0, 0.1) is 5.92 Å². The predicted octanol–water partition coefficient (Wildman–Crippen LogP) is 3.25. The van der Waals surface area contributed by atoms with Crippen LogP contribution >= 0.6 is 11.3 Å². The van der Waals surface area contributed by atoms with E-state index in [0.717, 1.165) is 25.9 Å². The first-order valence-corrected chi connectivity index (χ1v) is 7.66. The first kappa shape index (κ1) is 13.4. The largest absolute Gasteiger partial charge is 0.333 e. The van der Waals surface area contributed by atoms with Crippen LogP contribution in [0.2, 0.25) is 0 Å². The van der Waals surface area contributed by atoms with E-state index in [1.807, 2.05) is 4.90 Å². The lowest BCUT2D eigenvalue weighted by molar-refractivity contribution is 0.169. The molecule has 0 radical (unpaired) electrons. The predicted molar refractivity (Wildman–Crippen MR) is 75.9 cm³/mol. The van der Waals surface area contributed by atoms with E-state index in [-0.39, 0.29) is 6.03 Å². The molecule has 1 saturated heterocycles. The zero-order valence-electron chi connectivity index (χ0n) is 11.2. The third-order valence-electron chi connectivity index (χ3n) is 3.56. The normalized spacial score (nSPS) is 19.9. The number of carbonyl (C=O) groups is 1. The Balaban J connectivity index is 1.84. The Morgan fingerprint density at radius 2 is 2.44 bits per heavy atom. The van der Waals surface area contributed by atoms with Crippen molar-refractivity contribution < 1.29 is 4.79 Å². The van der Waals surface area contributed by atoms with E-state index in [9.17, 15) is 4.79 Å². The van der Waals surface area contributed by atoms with Gasteiger partial charge in [-0.1, -0.05) is 13.8 Å². The number of nitrogens with one attached hydrogen (secondary N) is 1. The van der Waals surface area contributed by atoms with Gasteiger partial charge in [0.2, 0.25) is 0 Å². The van der Waals surface area contributed by atoms with Gasteiger partial charge in [-0.05, 0) is 42.2 Å². The molecule has 2 rings (SSSR count). The molecule has 2 heterocycles. The second-order valence-electron chi connectivity index (χ2n) is 5.07. The minimum Gasteiger partial charge on any atom is -0.333 e. The van der Waals surface area contributed by atoms with E-state index in [4.69, 9.17) is 0 Å². The first-order chi connectivity index (χ1) is 8.70. The number of aryl methyl sites for hydroxylation is 1. The summed E-state index contributed by atoms with van der Waals surface area (Å²) in [5.74, 6) is 0.637. The summed E-state index contributed by atoms with van der Waals surface area (Å²) in [6.45, 7) is 6.84. The number of hydrogen-bond acceptors (Lipinski definition) is 2. The number of rotatable bonds is 3. The molecule has 3 nitrogen and oxygen atoms in total. The fourth-order valence-electron chi connectivity index (χ4n) is 2.48. The van der Waals surface area contributed by atoms with Crippen molar-refractivity contribution in [1.29, 1.82) is 0 Å². The van der Waals surface area contributed by atoms with Gasteiger partial charge in [-0.25, -0.2) is 4.79 Å². The third kappa shape index (κ3) is 3.25. The molecule has 1 fully saturated rings. The van der Waals surface area contributed by atoms with Gasteiger partial charge in [0.15, 0.2) is 0 Å². The molecule has 2 amide bonds. The van der Waals surface area contributed by atoms with E-state index in [1.165, 1.54) is 16.9 Å². The fourth-order valence-corrected chi connectivity index (χ4v) is 3.39. The van der Waals surface area contributed by atoms with E-state index in [1.54, 1.807) is 11.3 Å². The molecule has 4 heteroatoms. The summed E-state index contributed by atoms with van der Waals surface area (Å²) < 4.78 is 0. The Morgan fingerprint density at radius 3 is 3.17 bits per heavy atom. The molecule has 1 N–H and O–H groups in total. The molecule has 1 aromatic rings. The highest BCUT2D eigenvalue weighted by Gasteiger charge is 2.20. The maximum Gasteiger partial charge on any atom is 0.317 e. The molecule has 0 spiro atoms. The maximum atomic E-state index is 12.1. The highest BCUT2D eigenvalue weighted by Crippen LogP contribution is 2.18. The van der Waals surface area contributed by atoms with Gasteiger partial charge in [0.25, 0.3) is 0 Å². The van der Waals surface area contributed by atoms with Crippen LogP contribution in [0.1, 0.15) is 37.1 Å². The number of amides is 2. The molecule has 0 bridgehead atoms. The minimum absolute atomic E-state index is 0.0944. The number of urea groups is 1. The summed E-state index contributed by atoms with van der Waals surface area (Å²) in [7, 11) is 0. The maximum absolute atomic E-state index is 12.1. The van der Waals surface area contributed by atoms with Crippen molar-refractivity contribution >= 4 is 17.4 Å². The number of likely N-dealkylation sites (tertiary alicyclic amines) is 1. The van der Waals surface area contributed by atoms with Crippen molar-refractivity contribution in [3.05, 3.63) is 21.9 Å². The molecular weight excluding hydrogens is 244 g/mol. The Labute approximate surface area is 113 Å². The van der Waals surface area contributed by atoms with Crippen molar-refractivity contribution in [2.24, 2.45) is 5.92 Å². The number of thiophene rings is 1. The van der Waals surface area contributed by atoms with Gasteiger partial charge in [-0.15, -0.1) is 11.3 Å². The molecule has 18 heavy (non-hydrogen) atoms. The summed E-state index contributed by atoms with van der Waals surface area (Å²) in [6, 6.07) is 2.24. The zero-order valence-corrected chi connectivity index (χ0v) is 12.1. The van der Waals surface area contributed by atoms with Crippen molar-refractivity contribution in [2.45, 2.75) is 39.7 Å². The number of piperidine rings is 1. The van der Waals surface area contributed by atoms with Crippen molar-refractivity contribution in [1.82, 2.24) is 10.2 Å². The van der Waals surface area contributed by atoms with Crippen LogP contribution in [0.15, 0.2) is 11.4 Å². The van der Waals surface area contributed by atoms with Crippen LogP contribution in [0.5, 0.6) is 0 Å². The number of carbonyl (C=O) groups excluding carboxylic acids is 1. The van der Waals surface area contributed by atoms with Gasteiger partial charge in [0, 0.05) is 18.0 Å². The first-order valence-electron chi connectivity index (χ1n) is 6.78. The van der Waals surface area contributed by atoms with Gasteiger partial charge in [0.05, 0.1) is 6.54 Å². The molecule has 0 aromatic carbocycles. The Morgan fingerprint density at radius 1 is 1.61 bits per heavy atom. The highest BCUT2D eigenvalue weighted by molar-refractivity contribution is 7.10. The van der Waals surface area contributed by atoms with Gasteiger partial charge in [-0.2, -0.15) is 0 Å². The van der Waals surface area contributed by atoms with Crippen molar-refractivity contribution in [2.75, 3.05) is 13.1 Å². The Kier molecular flexibility index (Phi) is 4.64. The van der Waals surface area contributed by atoms with Crippen LogP contribution in [0.3, 0.4) is 0 Å². The minimum atomic E-state index is 0.0944. The third-order valence-corrected chi connectivity index (χ3v) is 4.53. The summed E-state index contributed by atoms with van der Waals surface area (Å²) in [4.78, 5) is 15.3. The lowest BCUT2D eigenvalue weighted by atomic mass is 10.0. The molecule has 0 aliphatic carbocycles. The number of nitrogens with zero attached hydrogens (tertiary/aromatic N) is 1. The monoisotopic (exact) mass is 266 g/mol. The molecular formula is C14H22N2OS. The zero-order chi connectivity index (χ0) is 13.0. The van der Waals surface area contributed by atoms with Crippen LogP contribution in [0.4, 0.5) is 4.79 Å². The summed E-state index contributed by atoms with van der Waals surface area (Å²) in [6.07, 6.45) is 3.41. The second-order valence-corrected chi connectivity index (χ2v) is 6.08. The molecule has 1 aliphatic heterocycles. The second kappa shape index (κ2) is 6.23. The van der Waals surface area contributed by atoms with Crippen LogP contribution in [-0.2, 0) is 13.0 Å². The molecule has 1 aromatic heterocycles. The highest BCUT2D eigenvalue weighted by atomic mass is 32.1. The number of hydrogen-bond donors (Lipinski definition) is 1. The smallest absolute Gasteiger partial charge is 0.317 e. The lowest BCUT2D eigenvalue weighted by Gasteiger charge is -2.30. The SMILES string of the molecule is CCc1ccsc1CNC(=O)N1CCCC(C)C1. The standard InChI is InChI=1S/C14H22N2OS/c1-3-12-6-8-18-13(12)9-15-14(17)16-7-4-5-11(2)10-16/h6,8,11H,3-5,7,9-10H2,1-2H3,(H,15,17). The lowest BCUT2D eigenvalue weighted by Crippen LogP contribution is -2.44. The molecule has 1 unspecified atom stereocenters. The van der Waals surface area contributed by atoms with Gasteiger partial charge >= 0.3 is 6.03 Å². The molecule has 100 valence electrons. The van der Waals surface area contributed by atoms with Gasteiger partial charge < -0.3 is 10.2 Å². The average Bonchev–Trinajstić information content (AvgIpc) is 2.83. The van der Waals surface area contributed by atoms with Crippen molar-refractivity contribution in [3.63, 3.8) is 0 Å². The van der Waals surface area contributed by atoms with E-state index >= 15 is 0 Å². The molecule has 1 aliphatic rings. The molecule has 0 saturated carbocycles. The van der Waals surface area contributed by atoms with Gasteiger partial charge in [-0.3, -0.25) is 0 Å². The van der Waals surface area contributed by atoms with Gasteiger partial charge in [0.1, 0.15) is 0 Å². The van der Waals surface area contributed by atoms with Crippen LogP contribution < -0.4 is 5.32 Å². The quantitative estimate of drug-likeness (QED) is 0.895. The topological polar surface area (TPSA) is 32.3 Å². The van der Waals surface area contributed by atoms with Crippen LogP contribution in [-0.4, -0.2) is 24.0 Å². The summed E-state index contributed by atoms with van der Waals surface area (Å²) in [5.41, 5.74) is 1.35. The average molecular weight is 266 g/mol. The summed E-state index contributed by atoms with van der Waals surface area (Å²) in [5, 5.41) is 5.15. The summed E-state index contributed by atoms with van der Waals surface area (Å²) >= 11 is 1.73. The van der Waals surface area contributed by atoms with Crippen molar-refractivity contribution in [3.8, 4) is 0 Å².